The summed E-state index contributed by atoms with van der Waals surface area (Å²) in [5, 5.41) is 14.2. The van der Waals surface area contributed by atoms with Gasteiger partial charge in [-0.2, -0.15) is 0 Å². The van der Waals surface area contributed by atoms with E-state index in [1.54, 1.807) is 54.6 Å². The molecular weight excluding hydrogens is 392 g/mol. The summed E-state index contributed by atoms with van der Waals surface area (Å²) >= 11 is 6.04. The number of para-hydroxylation sites is 1. The molecule has 3 rings (SSSR count). The van der Waals surface area contributed by atoms with Crippen LogP contribution in [0.4, 0.5) is 11.4 Å². The molecule has 1 N–H and O–H groups in total. The Morgan fingerprint density at radius 2 is 1.62 bits per heavy atom. The average Bonchev–Trinajstić information content (AvgIpc) is 2.72. The normalized spacial score (nSPS) is 10.7. The van der Waals surface area contributed by atoms with Gasteiger partial charge in [-0.15, -0.1) is 0 Å². The smallest absolute Gasteiger partial charge is 0.280 e. The highest BCUT2D eigenvalue weighted by molar-refractivity contribution is 6.34. The fourth-order valence-electron chi connectivity index (χ4n) is 2.67. The molecule has 0 saturated heterocycles. The molecular formula is C22H15ClN2O4. The molecule has 6 nitrogen and oxygen atoms in total. The van der Waals surface area contributed by atoms with Crippen molar-refractivity contribution >= 4 is 40.7 Å². The highest BCUT2D eigenvalue weighted by Crippen LogP contribution is 2.20. The van der Waals surface area contributed by atoms with E-state index in [2.05, 4.69) is 5.32 Å². The lowest BCUT2D eigenvalue weighted by molar-refractivity contribution is -0.385. The number of benzene rings is 3. The number of nitrogens with one attached hydrogen (secondary N) is 1. The second-order valence-electron chi connectivity index (χ2n) is 6.03. The van der Waals surface area contributed by atoms with Crippen molar-refractivity contribution in [3.63, 3.8) is 0 Å². The molecule has 0 radical (unpaired) electrons. The SMILES string of the molecule is O=C(Nc1cccc(/C=C/C(=O)c2ccccc2[N+](=O)[O-])c1)c1ccccc1Cl. The second-order valence-corrected chi connectivity index (χ2v) is 6.44. The van der Waals surface area contributed by atoms with E-state index in [1.165, 1.54) is 30.4 Å². The van der Waals surface area contributed by atoms with Crippen LogP contribution in [-0.2, 0) is 0 Å². The minimum Gasteiger partial charge on any atom is -0.322 e. The van der Waals surface area contributed by atoms with E-state index in [0.717, 1.165) is 0 Å². The molecule has 0 aromatic heterocycles. The maximum Gasteiger partial charge on any atom is 0.280 e. The largest absolute Gasteiger partial charge is 0.322 e. The predicted molar refractivity (Wildman–Crippen MR) is 112 cm³/mol. The third kappa shape index (κ3) is 4.94. The summed E-state index contributed by atoms with van der Waals surface area (Å²) in [6.07, 6.45) is 2.79. The highest BCUT2D eigenvalue weighted by Gasteiger charge is 2.17. The predicted octanol–water partition coefficient (Wildman–Crippen LogP) is 5.40. The van der Waals surface area contributed by atoms with Gasteiger partial charge in [0.05, 0.1) is 21.1 Å². The van der Waals surface area contributed by atoms with Crippen LogP contribution in [0.3, 0.4) is 0 Å². The number of nitro groups is 1. The van der Waals surface area contributed by atoms with E-state index >= 15 is 0 Å². The van der Waals surface area contributed by atoms with Crippen molar-refractivity contribution in [3.05, 3.63) is 111 Å². The molecule has 0 saturated carbocycles. The molecule has 0 spiro atoms. The molecule has 0 atom stereocenters. The molecule has 144 valence electrons. The van der Waals surface area contributed by atoms with E-state index in [0.29, 0.717) is 21.8 Å². The zero-order chi connectivity index (χ0) is 20.8. The lowest BCUT2D eigenvalue weighted by atomic mass is 10.1. The summed E-state index contributed by atoms with van der Waals surface area (Å²) in [6.45, 7) is 0. The standard InChI is InChI=1S/C22H15ClN2O4/c23-19-10-3-1-8-17(19)22(27)24-16-7-5-6-15(14-16)12-13-21(26)18-9-2-4-11-20(18)25(28)29/h1-14H,(H,24,27)/b13-12+. The van der Waals surface area contributed by atoms with Crippen LogP contribution in [0.15, 0.2) is 78.9 Å². The molecule has 1 amide bonds. The number of anilines is 1. The third-order valence-electron chi connectivity index (χ3n) is 4.06. The van der Waals surface area contributed by atoms with Gasteiger partial charge in [-0.25, -0.2) is 0 Å². The van der Waals surface area contributed by atoms with Crippen LogP contribution in [0.1, 0.15) is 26.3 Å². The monoisotopic (exact) mass is 406 g/mol. The number of nitrogens with zero attached hydrogens (tertiary/aromatic N) is 1. The summed E-state index contributed by atoms with van der Waals surface area (Å²) in [5.41, 5.74) is 1.28. The first-order valence-electron chi connectivity index (χ1n) is 8.57. The number of rotatable bonds is 6. The average molecular weight is 407 g/mol. The van der Waals surface area contributed by atoms with E-state index < -0.39 is 10.7 Å². The molecule has 3 aromatic carbocycles. The fourth-order valence-corrected chi connectivity index (χ4v) is 2.89. The number of ketones is 1. The van der Waals surface area contributed by atoms with Crippen LogP contribution < -0.4 is 5.32 Å². The molecule has 0 aliphatic rings. The van der Waals surface area contributed by atoms with Gasteiger partial charge in [0.15, 0.2) is 5.78 Å². The van der Waals surface area contributed by atoms with Crippen molar-refractivity contribution in [3.8, 4) is 0 Å². The molecule has 0 aliphatic carbocycles. The number of carbonyl (C=O) groups is 2. The Labute approximate surface area is 171 Å². The minimum atomic E-state index is -0.591. The van der Waals surface area contributed by atoms with Gasteiger partial charge in [0.25, 0.3) is 11.6 Å². The summed E-state index contributed by atoms with van der Waals surface area (Å²) < 4.78 is 0. The number of hydrogen-bond donors (Lipinski definition) is 1. The molecule has 29 heavy (non-hydrogen) atoms. The molecule has 7 heteroatoms. The first-order chi connectivity index (χ1) is 14.0. The van der Waals surface area contributed by atoms with Crippen molar-refractivity contribution in [2.75, 3.05) is 5.32 Å². The van der Waals surface area contributed by atoms with Crippen LogP contribution in [0.2, 0.25) is 5.02 Å². The van der Waals surface area contributed by atoms with Crippen molar-refractivity contribution < 1.29 is 14.5 Å². The number of amides is 1. The van der Waals surface area contributed by atoms with Gasteiger partial charge < -0.3 is 5.32 Å². The van der Waals surface area contributed by atoms with E-state index in [-0.39, 0.29) is 17.2 Å². The quantitative estimate of drug-likeness (QED) is 0.257. The molecule has 3 aromatic rings. The molecule has 0 fully saturated rings. The number of allylic oxidation sites excluding steroid dienone is 1. The minimum absolute atomic E-state index is 0.0110. The van der Waals surface area contributed by atoms with Gasteiger partial charge in [-0.05, 0) is 42.0 Å². The summed E-state index contributed by atoms with van der Waals surface area (Å²) in [6, 6.07) is 19.3. The maximum atomic E-state index is 12.4. The van der Waals surface area contributed by atoms with Gasteiger partial charge in [0.2, 0.25) is 0 Å². The Balaban J connectivity index is 1.76. The lowest BCUT2D eigenvalue weighted by Gasteiger charge is -2.07. The summed E-state index contributed by atoms with van der Waals surface area (Å²) in [5.74, 6) is -0.837. The Morgan fingerprint density at radius 1 is 0.931 bits per heavy atom. The van der Waals surface area contributed by atoms with E-state index in [1.807, 2.05) is 0 Å². The maximum absolute atomic E-state index is 12.4. The number of halogens is 1. The van der Waals surface area contributed by atoms with Gasteiger partial charge in [0.1, 0.15) is 0 Å². The Hall–Kier alpha value is -3.77. The number of carbonyl (C=O) groups excluding carboxylic acids is 2. The lowest BCUT2D eigenvalue weighted by Crippen LogP contribution is -2.12. The van der Waals surface area contributed by atoms with Crippen molar-refractivity contribution in [1.29, 1.82) is 0 Å². The van der Waals surface area contributed by atoms with Gasteiger partial charge >= 0.3 is 0 Å². The molecule has 0 heterocycles. The zero-order valence-electron chi connectivity index (χ0n) is 15.0. The molecule has 0 bridgehead atoms. The van der Waals surface area contributed by atoms with Crippen LogP contribution in [0, 0.1) is 10.1 Å². The Bertz CT molecular complexity index is 1130. The van der Waals surface area contributed by atoms with Crippen molar-refractivity contribution in [2.24, 2.45) is 0 Å². The van der Waals surface area contributed by atoms with Crippen LogP contribution >= 0.6 is 11.6 Å². The molecule has 0 unspecified atom stereocenters. The second kappa shape index (κ2) is 8.95. The van der Waals surface area contributed by atoms with Crippen LogP contribution in [-0.4, -0.2) is 16.6 Å². The van der Waals surface area contributed by atoms with Crippen molar-refractivity contribution in [2.45, 2.75) is 0 Å². The van der Waals surface area contributed by atoms with Crippen LogP contribution in [0.5, 0.6) is 0 Å². The van der Waals surface area contributed by atoms with Crippen LogP contribution in [0.25, 0.3) is 6.08 Å². The fraction of sp³-hybridized carbons (Fsp3) is 0. The zero-order valence-corrected chi connectivity index (χ0v) is 15.8. The van der Waals surface area contributed by atoms with E-state index in [9.17, 15) is 19.7 Å². The Kier molecular flexibility index (Phi) is 6.16. The van der Waals surface area contributed by atoms with E-state index in [4.69, 9.17) is 11.6 Å². The van der Waals surface area contributed by atoms with Crippen molar-refractivity contribution in [1.82, 2.24) is 0 Å². The first kappa shape index (κ1) is 20.0. The summed E-state index contributed by atoms with van der Waals surface area (Å²) in [4.78, 5) is 35.2. The third-order valence-corrected chi connectivity index (χ3v) is 4.39. The topological polar surface area (TPSA) is 89.3 Å². The van der Waals surface area contributed by atoms with Gasteiger partial charge in [-0.1, -0.05) is 54.1 Å². The molecule has 0 aliphatic heterocycles. The number of hydrogen-bond acceptors (Lipinski definition) is 4. The number of nitro benzene ring substituents is 1. The Morgan fingerprint density at radius 3 is 2.34 bits per heavy atom. The summed E-state index contributed by atoms with van der Waals surface area (Å²) in [7, 11) is 0. The van der Waals surface area contributed by atoms with Gasteiger partial charge in [0, 0.05) is 11.8 Å². The highest BCUT2D eigenvalue weighted by atomic mass is 35.5. The van der Waals surface area contributed by atoms with Gasteiger partial charge in [-0.3, -0.25) is 19.7 Å². The first-order valence-corrected chi connectivity index (χ1v) is 8.95.